The number of alkyl halides is 13. The highest BCUT2D eigenvalue weighted by atomic mass is 32.2. The first-order chi connectivity index (χ1) is 14.1. The molecule has 0 bridgehead atoms. The summed E-state index contributed by atoms with van der Waals surface area (Å²) in [4.78, 5) is 21.2. The van der Waals surface area contributed by atoms with Gasteiger partial charge in [-0.3, -0.25) is 9.59 Å². The minimum absolute atomic E-state index is 0.223. The van der Waals surface area contributed by atoms with Crippen LogP contribution in [0, 0.1) is 0 Å². The van der Waals surface area contributed by atoms with Gasteiger partial charge in [0.25, 0.3) is 0 Å². The van der Waals surface area contributed by atoms with Crippen molar-refractivity contribution >= 4 is 23.7 Å². The summed E-state index contributed by atoms with van der Waals surface area (Å²) in [6.45, 7) is -0.586. The fourth-order valence-electron chi connectivity index (χ4n) is 1.76. The molecule has 0 radical (unpaired) electrons. The summed E-state index contributed by atoms with van der Waals surface area (Å²) in [5, 5.41) is 8.30. The summed E-state index contributed by atoms with van der Waals surface area (Å²) >= 11 is 0.223. The van der Waals surface area contributed by atoms with Crippen LogP contribution < -0.4 is 0 Å². The van der Waals surface area contributed by atoms with Crippen LogP contribution in [0.3, 0.4) is 0 Å². The molecule has 190 valence electrons. The molecule has 0 spiro atoms. The van der Waals surface area contributed by atoms with Gasteiger partial charge in [-0.05, 0) is 5.75 Å². The molecule has 0 aromatic rings. The Labute approximate surface area is 174 Å². The molecule has 0 amide bonds. The van der Waals surface area contributed by atoms with Crippen molar-refractivity contribution in [2.45, 2.75) is 55.1 Å². The third-order valence-electron chi connectivity index (χ3n) is 3.59. The maximum absolute atomic E-state index is 13.5. The van der Waals surface area contributed by atoms with Crippen LogP contribution in [0.1, 0.15) is 19.3 Å². The molecule has 0 rings (SSSR count). The first kappa shape index (κ1) is 30.4. The van der Waals surface area contributed by atoms with E-state index in [1.54, 1.807) is 0 Å². The number of hydrogen-bond acceptors (Lipinski definition) is 4. The second kappa shape index (κ2) is 10.1. The Morgan fingerprint density at radius 1 is 0.688 bits per heavy atom. The largest absolute Gasteiger partial charge is 0.481 e. The van der Waals surface area contributed by atoms with Crippen LogP contribution in [-0.4, -0.2) is 70.9 Å². The van der Waals surface area contributed by atoms with Crippen molar-refractivity contribution in [1.82, 2.24) is 0 Å². The Morgan fingerprint density at radius 3 is 1.59 bits per heavy atom. The number of carbonyl (C=O) groups excluding carboxylic acids is 1. The number of carboxylic acids is 1. The minimum atomic E-state index is -7.93. The van der Waals surface area contributed by atoms with Crippen molar-refractivity contribution in [3.63, 3.8) is 0 Å². The Balaban J connectivity index is 5.07. The van der Waals surface area contributed by atoms with E-state index in [-0.39, 0.29) is 11.8 Å². The molecule has 18 heteroatoms. The molecule has 4 nitrogen and oxygen atoms in total. The topological polar surface area (TPSA) is 63.6 Å². The Hall–Kier alpha value is -1.62. The molecule has 0 unspecified atom stereocenters. The van der Waals surface area contributed by atoms with Gasteiger partial charge in [-0.1, -0.05) is 0 Å². The molecule has 1 N–H and O–H groups in total. The zero-order valence-electron chi connectivity index (χ0n) is 15.2. The maximum Gasteiger partial charge on any atom is 0.460 e. The lowest BCUT2D eigenvalue weighted by Crippen LogP contribution is -2.70. The van der Waals surface area contributed by atoms with Gasteiger partial charge in [-0.25, -0.2) is 0 Å². The van der Waals surface area contributed by atoms with Crippen molar-refractivity contribution in [2.75, 3.05) is 18.1 Å². The number of ether oxygens (including phenoxy) is 1. The van der Waals surface area contributed by atoms with Crippen molar-refractivity contribution in [3.05, 3.63) is 0 Å². The number of halogens is 13. The minimum Gasteiger partial charge on any atom is -0.481 e. The first-order valence-electron chi connectivity index (χ1n) is 7.97. The van der Waals surface area contributed by atoms with Gasteiger partial charge >= 0.3 is 47.7 Å². The van der Waals surface area contributed by atoms with Gasteiger partial charge in [0.05, 0.1) is 12.8 Å². The molecule has 0 aromatic heterocycles. The molecule has 0 aromatic carbocycles. The smallest absolute Gasteiger partial charge is 0.460 e. The number of thioether (sulfide) groups is 1. The summed E-state index contributed by atoms with van der Waals surface area (Å²) < 4.78 is 172. The van der Waals surface area contributed by atoms with Gasteiger partial charge in [0, 0.05) is 12.2 Å². The van der Waals surface area contributed by atoms with Crippen LogP contribution in [0.5, 0.6) is 0 Å². The van der Waals surface area contributed by atoms with E-state index >= 15 is 0 Å². The molecule has 0 aliphatic heterocycles. The Bertz CT molecular complexity index is 664. The zero-order valence-corrected chi connectivity index (χ0v) is 16.1. The number of esters is 1. The van der Waals surface area contributed by atoms with Gasteiger partial charge in [-0.15, -0.1) is 0 Å². The van der Waals surface area contributed by atoms with Crippen LogP contribution in [0.15, 0.2) is 0 Å². The van der Waals surface area contributed by atoms with E-state index in [1.165, 1.54) is 0 Å². The Kier molecular flexibility index (Phi) is 9.60. The molecule has 32 heavy (non-hydrogen) atoms. The molecule has 0 saturated carbocycles. The van der Waals surface area contributed by atoms with Crippen LogP contribution in [-0.2, 0) is 14.3 Å². The van der Waals surface area contributed by atoms with Gasteiger partial charge in [0.1, 0.15) is 6.61 Å². The van der Waals surface area contributed by atoms with Gasteiger partial charge in [0.2, 0.25) is 0 Å². The molecule has 0 atom stereocenters. The highest BCUT2D eigenvalue weighted by Gasteiger charge is 2.90. The molecule has 0 aliphatic carbocycles. The highest BCUT2D eigenvalue weighted by Crippen LogP contribution is 2.60. The standard InChI is InChI=1S/C14H13F13O4S/c15-9(16,3-5-32-6-4-31-8(30)2-1-7(28)29)10(17,18)11(19,20)12(21,22)13(23,24)14(25,26)27/h1-6H2,(H,28,29). The fraction of sp³-hybridized carbons (Fsp3) is 0.857. The molecule has 0 fully saturated rings. The third kappa shape index (κ3) is 6.24. The Morgan fingerprint density at radius 2 is 1.16 bits per heavy atom. The van der Waals surface area contributed by atoms with Crippen molar-refractivity contribution in [2.24, 2.45) is 0 Å². The average molecular weight is 524 g/mol. The monoisotopic (exact) mass is 524 g/mol. The molecule has 0 saturated heterocycles. The average Bonchev–Trinajstić information content (AvgIpc) is 2.61. The summed E-state index contributed by atoms with van der Waals surface area (Å²) in [7, 11) is 0. The van der Waals surface area contributed by atoms with E-state index in [2.05, 4.69) is 4.74 Å². The second-order valence-corrected chi connectivity index (χ2v) is 7.20. The van der Waals surface area contributed by atoms with E-state index in [0.29, 0.717) is 0 Å². The van der Waals surface area contributed by atoms with E-state index in [0.717, 1.165) is 0 Å². The normalized spacial score (nSPS) is 14.4. The first-order valence-corrected chi connectivity index (χ1v) is 9.12. The lowest BCUT2D eigenvalue weighted by Gasteiger charge is -2.39. The summed E-state index contributed by atoms with van der Waals surface area (Å²) in [6.07, 6.45) is -11.0. The summed E-state index contributed by atoms with van der Waals surface area (Å²) in [5.74, 6) is -41.0. The SMILES string of the molecule is O=C(O)CCC(=O)OCCSCCC(F)(F)C(F)(F)C(F)(F)C(F)(F)C(F)(F)C(F)(F)F. The molecule has 0 heterocycles. The van der Waals surface area contributed by atoms with Gasteiger partial charge < -0.3 is 9.84 Å². The van der Waals surface area contributed by atoms with E-state index in [1.807, 2.05) is 0 Å². The molecular weight excluding hydrogens is 511 g/mol. The predicted octanol–water partition coefficient (Wildman–Crippen LogP) is 5.26. The number of rotatable bonds is 13. The number of hydrogen-bond donors (Lipinski definition) is 1. The van der Waals surface area contributed by atoms with Crippen LogP contribution in [0.2, 0.25) is 0 Å². The highest BCUT2D eigenvalue weighted by molar-refractivity contribution is 7.99. The lowest BCUT2D eigenvalue weighted by molar-refractivity contribution is -0.439. The third-order valence-corrected chi connectivity index (χ3v) is 4.54. The van der Waals surface area contributed by atoms with E-state index < -0.39 is 85.1 Å². The lowest BCUT2D eigenvalue weighted by atomic mass is 9.93. The molecule has 0 aliphatic rings. The number of carboxylic acid groups (broad SMARTS) is 1. The quantitative estimate of drug-likeness (QED) is 0.203. The van der Waals surface area contributed by atoms with E-state index in [9.17, 15) is 66.7 Å². The van der Waals surface area contributed by atoms with Crippen LogP contribution in [0.4, 0.5) is 57.1 Å². The zero-order chi connectivity index (χ0) is 25.8. The van der Waals surface area contributed by atoms with Gasteiger partial charge in [0.15, 0.2) is 0 Å². The second-order valence-electron chi connectivity index (χ2n) is 5.98. The van der Waals surface area contributed by atoms with E-state index in [4.69, 9.17) is 5.11 Å². The van der Waals surface area contributed by atoms with Crippen molar-refractivity contribution in [3.8, 4) is 0 Å². The summed E-state index contributed by atoms with van der Waals surface area (Å²) in [6, 6.07) is 0. The summed E-state index contributed by atoms with van der Waals surface area (Å²) in [5.41, 5.74) is 0. The maximum atomic E-state index is 13.5. The van der Waals surface area contributed by atoms with Crippen molar-refractivity contribution in [1.29, 1.82) is 0 Å². The van der Waals surface area contributed by atoms with Crippen LogP contribution in [0.25, 0.3) is 0 Å². The number of aliphatic carboxylic acids is 1. The van der Waals surface area contributed by atoms with Crippen molar-refractivity contribution < 1.29 is 76.5 Å². The number of carbonyl (C=O) groups is 2. The van der Waals surface area contributed by atoms with Gasteiger partial charge in [-0.2, -0.15) is 68.8 Å². The fourth-order valence-corrected chi connectivity index (χ4v) is 2.56. The predicted molar refractivity (Wildman–Crippen MR) is 80.6 cm³/mol. The molecular formula is C14H13F13O4S. The van der Waals surface area contributed by atoms with Crippen LogP contribution >= 0.6 is 11.8 Å².